The van der Waals surface area contributed by atoms with Crippen LogP contribution >= 0.6 is 0 Å². The molecule has 2 aromatic heterocycles. The molecule has 0 spiro atoms. The highest BCUT2D eigenvalue weighted by molar-refractivity contribution is 6.01. The van der Waals surface area contributed by atoms with Crippen molar-refractivity contribution in [3.05, 3.63) is 36.7 Å². The lowest BCUT2D eigenvalue weighted by Crippen LogP contribution is -2.41. The van der Waals surface area contributed by atoms with Crippen LogP contribution in [0.1, 0.15) is 26.2 Å². The van der Waals surface area contributed by atoms with Crippen molar-refractivity contribution < 1.29 is 23.9 Å². The van der Waals surface area contributed by atoms with E-state index in [0.717, 1.165) is 12.8 Å². The average molecular weight is 411 g/mol. The van der Waals surface area contributed by atoms with Crippen LogP contribution in [0.5, 0.6) is 11.5 Å². The van der Waals surface area contributed by atoms with Gasteiger partial charge in [-0.15, -0.1) is 0 Å². The third-order valence-electron chi connectivity index (χ3n) is 4.93. The fraction of sp³-hybridized carbons (Fsp3) is 0.350. The first-order chi connectivity index (χ1) is 14.5. The molecule has 2 aromatic rings. The number of hydrogen-bond donors (Lipinski definition) is 3. The minimum Gasteiger partial charge on any atom is -0.456 e. The highest BCUT2D eigenvalue weighted by atomic mass is 16.5. The number of imide groups is 1. The first-order valence-electron chi connectivity index (χ1n) is 9.61. The van der Waals surface area contributed by atoms with E-state index in [9.17, 15) is 14.4 Å². The minimum atomic E-state index is -0.641. The number of anilines is 2. The number of urea groups is 1. The van der Waals surface area contributed by atoms with Crippen molar-refractivity contribution in [3.8, 4) is 11.5 Å². The van der Waals surface area contributed by atoms with Crippen molar-refractivity contribution in [1.29, 1.82) is 0 Å². The average Bonchev–Trinajstić information content (AvgIpc) is 3.33. The number of nitrogens with zero attached hydrogens (tertiary/aromatic N) is 2. The summed E-state index contributed by atoms with van der Waals surface area (Å²) in [7, 11) is 0. The third-order valence-corrected chi connectivity index (χ3v) is 4.93. The van der Waals surface area contributed by atoms with E-state index in [1.54, 1.807) is 24.3 Å². The van der Waals surface area contributed by atoms with Gasteiger partial charge in [0.1, 0.15) is 23.1 Å². The topological polar surface area (TPSA) is 132 Å². The molecule has 0 aliphatic carbocycles. The molecule has 3 N–H and O–H groups in total. The maximum Gasteiger partial charge on any atom is 0.327 e. The van der Waals surface area contributed by atoms with E-state index in [-0.39, 0.29) is 35.8 Å². The lowest BCUT2D eigenvalue weighted by molar-refractivity contribution is -0.125. The van der Waals surface area contributed by atoms with Gasteiger partial charge in [-0.2, -0.15) is 0 Å². The zero-order chi connectivity index (χ0) is 21.1. The van der Waals surface area contributed by atoms with Gasteiger partial charge in [0.2, 0.25) is 11.8 Å². The van der Waals surface area contributed by atoms with Crippen LogP contribution in [0, 0.1) is 5.92 Å². The summed E-state index contributed by atoms with van der Waals surface area (Å²) in [5, 5.41) is 7.45. The quantitative estimate of drug-likeness (QED) is 0.688. The van der Waals surface area contributed by atoms with Gasteiger partial charge in [-0.05, 0) is 37.5 Å². The highest BCUT2D eigenvalue weighted by Gasteiger charge is 2.44. The number of aromatic nitrogens is 2. The number of hydrogen-bond acceptors (Lipinski definition) is 7. The van der Waals surface area contributed by atoms with E-state index < -0.39 is 6.03 Å². The SMILES string of the molecule is CC(=O)Nc1cc(Oc2ccc(NC(=O)NC(=O)C3CC4CCC3O4)nc2)ccn1. The van der Waals surface area contributed by atoms with Crippen LogP contribution in [-0.2, 0) is 14.3 Å². The second-order valence-corrected chi connectivity index (χ2v) is 7.20. The molecule has 156 valence electrons. The van der Waals surface area contributed by atoms with Gasteiger partial charge < -0.3 is 14.8 Å². The van der Waals surface area contributed by atoms with Gasteiger partial charge in [0.25, 0.3) is 0 Å². The normalized spacial score (nSPS) is 21.7. The second-order valence-electron chi connectivity index (χ2n) is 7.20. The maximum absolute atomic E-state index is 12.3. The molecular weight excluding hydrogens is 390 g/mol. The molecule has 2 aliphatic heterocycles. The second kappa shape index (κ2) is 8.46. The van der Waals surface area contributed by atoms with Gasteiger partial charge in [-0.1, -0.05) is 0 Å². The molecule has 10 heteroatoms. The Hall–Kier alpha value is -3.53. The van der Waals surface area contributed by atoms with Crippen LogP contribution in [0.4, 0.5) is 16.4 Å². The molecule has 4 rings (SSSR count). The van der Waals surface area contributed by atoms with Crippen LogP contribution in [0.15, 0.2) is 36.7 Å². The van der Waals surface area contributed by atoms with Crippen molar-refractivity contribution in [2.75, 3.05) is 10.6 Å². The number of carbonyl (C=O) groups excluding carboxylic acids is 3. The first kappa shape index (κ1) is 19.8. The van der Waals surface area contributed by atoms with Gasteiger partial charge in [0.05, 0.1) is 24.3 Å². The zero-order valence-electron chi connectivity index (χ0n) is 16.3. The molecular formula is C20H21N5O5. The van der Waals surface area contributed by atoms with Gasteiger partial charge in [-0.3, -0.25) is 20.2 Å². The molecule has 10 nitrogen and oxygen atoms in total. The Morgan fingerprint density at radius 2 is 1.93 bits per heavy atom. The molecule has 2 bridgehead atoms. The van der Waals surface area contributed by atoms with Crippen molar-refractivity contribution >= 4 is 29.5 Å². The predicted octanol–water partition coefficient (Wildman–Crippen LogP) is 2.44. The molecule has 3 unspecified atom stereocenters. The van der Waals surface area contributed by atoms with Gasteiger partial charge >= 0.3 is 6.03 Å². The summed E-state index contributed by atoms with van der Waals surface area (Å²) in [6.07, 6.45) is 5.48. The Morgan fingerprint density at radius 1 is 1.07 bits per heavy atom. The lowest BCUT2D eigenvalue weighted by Gasteiger charge is -2.17. The van der Waals surface area contributed by atoms with Crippen molar-refractivity contribution in [2.24, 2.45) is 5.92 Å². The molecule has 0 aromatic carbocycles. The van der Waals surface area contributed by atoms with Crippen molar-refractivity contribution in [1.82, 2.24) is 15.3 Å². The van der Waals surface area contributed by atoms with E-state index in [0.29, 0.717) is 23.7 Å². The number of nitrogens with one attached hydrogen (secondary N) is 3. The third kappa shape index (κ3) is 4.71. The molecule has 4 heterocycles. The number of rotatable bonds is 5. The first-order valence-corrected chi connectivity index (χ1v) is 9.61. The summed E-state index contributed by atoms with van der Waals surface area (Å²) < 4.78 is 11.3. The Labute approximate surface area is 172 Å². The lowest BCUT2D eigenvalue weighted by atomic mass is 9.89. The van der Waals surface area contributed by atoms with Crippen molar-refractivity contribution in [2.45, 2.75) is 38.4 Å². The van der Waals surface area contributed by atoms with Crippen LogP contribution in [0.2, 0.25) is 0 Å². The molecule has 2 aliphatic rings. The summed E-state index contributed by atoms with van der Waals surface area (Å²) >= 11 is 0. The van der Waals surface area contributed by atoms with Crippen LogP contribution in [0.25, 0.3) is 0 Å². The zero-order valence-corrected chi connectivity index (χ0v) is 16.3. The van der Waals surface area contributed by atoms with Gasteiger partial charge in [0.15, 0.2) is 0 Å². The van der Waals surface area contributed by atoms with E-state index in [2.05, 4.69) is 25.9 Å². The van der Waals surface area contributed by atoms with Crippen LogP contribution in [-0.4, -0.2) is 40.0 Å². The monoisotopic (exact) mass is 411 g/mol. The number of fused-ring (bicyclic) bond motifs is 2. The fourth-order valence-electron chi connectivity index (χ4n) is 3.64. The Kier molecular flexibility index (Phi) is 5.57. The number of amides is 4. The highest BCUT2D eigenvalue weighted by Crippen LogP contribution is 2.38. The molecule has 2 fully saturated rings. The van der Waals surface area contributed by atoms with Crippen molar-refractivity contribution in [3.63, 3.8) is 0 Å². The predicted molar refractivity (Wildman–Crippen MR) is 106 cm³/mol. The smallest absolute Gasteiger partial charge is 0.327 e. The Morgan fingerprint density at radius 3 is 2.60 bits per heavy atom. The van der Waals surface area contributed by atoms with Crippen LogP contribution < -0.4 is 20.7 Å². The molecule has 30 heavy (non-hydrogen) atoms. The van der Waals surface area contributed by atoms with Gasteiger partial charge in [-0.25, -0.2) is 14.8 Å². The fourth-order valence-corrected chi connectivity index (χ4v) is 3.64. The number of ether oxygens (including phenoxy) is 2. The molecule has 2 saturated heterocycles. The Bertz CT molecular complexity index is 964. The molecule has 3 atom stereocenters. The van der Waals surface area contributed by atoms with E-state index in [1.165, 1.54) is 19.3 Å². The maximum atomic E-state index is 12.3. The summed E-state index contributed by atoms with van der Waals surface area (Å²) in [4.78, 5) is 43.6. The number of carbonyl (C=O) groups is 3. The Balaban J connectivity index is 1.29. The van der Waals surface area contributed by atoms with Gasteiger partial charge in [0, 0.05) is 19.2 Å². The summed E-state index contributed by atoms with van der Waals surface area (Å²) in [5.41, 5.74) is 0. The molecule has 0 saturated carbocycles. The summed E-state index contributed by atoms with van der Waals surface area (Å²) in [6, 6.07) is 5.74. The van der Waals surface area contributed by atoms with E-state index >= 15 is 0 Å². The largest absolute Gasteiger partial charge is 0.456 e. The summed E-state index contributed by atoms with van der Waals surface area (Å²) in [6.45, 7) is 1.39. The standard InChI is InChI=1S/C20H21N5O5/c1-11(26)23-18-9-13(6-7-21-18)29-14-3-5-17(22-10-14)24-20(28)25-19(27)15-8-12-2-4-16(15)30-12/h3,5-7,9-10,12,15-16H,2,4,8H2,1H3,(H,21,23,26)(H2,22,24,25,27,28). The van der Waals surface area contributed by atoms with Crippen LogP contribution in [0.3, 0.4) is 0 Å². The number of pyridine rings is 2. The van der Waals surface area contributed by atoms with E-state index in [4.69, 9.17) is 9.47 Å². The molecule has 4 amide bonds. The summed E-state index contributed by atoms with van der Waals surface area (Å²) in [5.74, 6) is 0.692. The minimum absolute atomic E-state index is 0.0864. The molecule has 0 radical (unpaired) electrons. The van der Waals surface area contributed by atoms with E-state index in [1.807, 2.05) is 0 Å².